The molecule has 4 atom stereocenters. The fourth-order valence-corrected chi connectivity index (χ4v) is 5.21. The first-order valence-electron chi connectivity index (χ1n) is 9.23. The number of benzene rings is 1. The van der Waals surface area contributed by atoms with Gasteiger partial charge >= 0.3 is 0 Å². The van der Waals surface area contributed by atoms with E-state index < -0.39 is 0 Å². The van der Waals surface area contributed by atoms with Gasteiger partial charge in [-0.15, -0.1) is 0 Å². The topological polar surface area (TPSA) is 56.6 Å². The molecule has 3 unspecified atom stereocenters. The number of nitriles is 1. The van der Waals surface area contributed by atoms with E-state index in [0.29, 0.717) is 42.9 Å². The maximum absolute atomic E-state index is 12.3. The molecule has 2 saturated carbocycles. The number of amides is 1. The summed E-state index contributed by atoms with van der Waals surface area (Å²) in [7, 11) is 1.93. The number of carbonyl (C=O) groups is 1. The summed E-state index contributed by atoms with van der Waals surface area (Å²) in [4.78, 5) is 16.8. The van der Waals surface area contributed by atoms with Crippen LogP contribution in [0, 0.1) is 22.7 Å². The second-order valence-corrected chi connectivity index (χ2v) is 7.60. The van der Waals surface area contributed by atoms with Gasteiger partial charge in [-0.1, -0.05) is 0 Å². The largest absolute Gasteiger partial charge is 0.494 e. The summed E-state index contributed by atoms with van der Waals surface area (Å²) in [6.07, 6.45) is 3.08. The zero-order valence-electron chi connectivity index (χ0n) is 14.9. The molecule has 4 aliphatic rings. The zero-order valence-corrected chi connectivity index (χ0v) is 14.9. The molecule has 1 aromatic rings. The average Bonchev–Trinajstić information content (AvgIpc) is 3.38. The van der Waals surface area contributed by atoms with E-state index in [1.54, 1.807) is 0 Å². The lowest BCUT2D eigenvalue weighted by atomic mass is 9.62. The van der Waals surface area contributed by atoms with Gasteiger partial charge in [0.1, 0.15) is 5.75 Å². The highest BCUT2D eigenvalue weighted by atomic mass is 16.5. The molecule has 5 nitrogen and oxygen atoms in total. The second-order valence-electron chi connectivity index (χ2n) is 7.60. The van der Waals surface area contributed by atoms with Gasteiger partial charge in [-0.3, -0.25) is 4.79 Å². The normalized spacial score (nSPS) is 31.4. The van der Waals surface area contributed by atoms with Crippen LogP contribution in [0.25, 0.3) is 0 Å². The van der Waals surface area contributed by atoms with E-state index in [1.807, 2.05) is 31.0 Å². The molecule has 132 valence electrons. The van der Waals surface area contributed by atoms with Crippen molar-refractivity contribution < 1.29 is 9.53 Å². The minimum absolute atomic E-state index is 0.121. The van der Waals surface area contributed by atoms with Crippen molar-refractivity contribution in [3.05, 3.63) is 24.3 Å². The second kappa shape index (κ2) is 5.94. The third kappa shape index (κ3) is 2.47. The predicted molar refractivity (Wildman–Crippen MR) is 95.3 cm³/mol. The maximum atomic E-state index is 12.3. The number of piperidine rings is 2. The van der Waals surface area contributed by atoms with Crippen LogP contribution in [0.2, 0.25) is 0 Å². The molecule has 5 rings (SSSR count). The lowest BCUT2D eigenvalue weighted by Crippen LogP contribution is -2.65. The molecule has 25 heavy (non-hydrogen) atoms. The molecule has 0 aromatic heterocycles. The van der Waals surface area contributed by atoms with Gasteiger partial charge in [0.25, 0.3) is 0 Å². The van der Waals surface area contributed by atoms with E-state index in [-0.39, 0.29) is 5.91 Å². The molecule has 2 heterocycles. The van der Waals surface area contributed by atoms with Gasteiger partial charge in [-0.2, -0.15) is 5.26 Å². The van der Waals surface area contributed by atoms with E-state index in [0.717, 1.165) is 12.3 Å². The number of carbonyl (C=O) groups excluding carboxylic acids is 1. The Bertz CT molecular complexity index is 711. The molecule has 2 aliphatic carbocycles. The Morgan fingerprint density at radius 3 is 2.84 bits per heavy atom. The Morgan fingerprint density at radius 2 is 2.16 bits per heavy atom. The number of rotatable bonds is 6. The van der Waals surface area contributed by atoms with Crippen molar-refractivity contribution in [1.29, 1.82) is 5.26 Å². The van der Waals surface area contributed by atoms with E-state index in [1.165, 1.54) is 18.5 Å². The van der Waals surface area contributed by atoms with Crippen molar-refractivity contribution in [3.63, 3.8) is 0 Å². The molecule has 1 amide bonds. The van der Waals surface area contributed by atoms with Crippen molar-refractivity contribution in [2.75, 3.05) is 25.1 Å². The van der Waals surface area contributed by atoms with Crippen LogP contribution in [0.15, 0.2) is 24.3 Å². The van der Waals surface area contributed by atoms with Crippen molar-refractivity contribution in [2.24, 2.45) is 11.3 Å². The van der Waals surface area contributed by atoms with Crippen molar-refractivity contribution in [3.8, 4) is 11.8 Å². The Hall–Kier alpha value is -2.22. The number of nitrogens with zero attached hydrogens (tertiary/aromatic N) is 3. The number of hydrogen-bond acceptors (Lipinski definition) is 4. The van der Waals surface area contributed by atoms with Crippen molar-refractivity contribution in [2.45, 2.75) is 44.7 Å². The minimum atomic E-state index is 0.121. The number of fused-ring (bicyclic) bond motifs is 1. The molecule has 0 N–H and O–H groups in total. The molecule has 2 aliphatic heterocycles. The first-order valence-corrected chi connectivity index (χ1v) is 9.23. The van der Waals surface area contributed by atoms with Gasteiger partial charge in [-0.25, -0.2) is 0 Å². The van der Waals surface area contributed by atoms with Crippen molar-refractivity contribution in [1.82, 2.24) is 4.90 Å². The highest BCUT2D eigenvalue weighted by molar-refractivity contribution is 5.77. The Labute approximate surface area is 149 Å². The summed E-state index contributed by atoms with van der Waals surface area (Å²) in [5.41, 5.74) is 1.55. The fourth-order valence-electron chi connectivity index (χ4n) is 5.21. The van der Waals surface area contributed by atoms with Crippen LogP contribution in [0.3, 0.4) is 0 Å². The number of anilines is 1. The van der Waals surface area contributed by atoms with Crippen LogP contribution in [-0.4, -0.2) is 43.1 Å². The molecule has 2 bridgehead atoms. The van der Waals surface area contributed by atoms with Crippen LogP contribution in [0.5, 0.6) is 5.75 Å². The Kier molecular flexibility index (Phi) is 3.87. The summed E-state index contributed by atoms with van der Waals surface area (Å²) in [5, 5.41) is 8.70. The highest BCUT2D eigenvalue weighted by Gasteiger charge is 2.74. The molecule has 2 saturated heterocycles. The third-order valence-corrected chi connectivity index (χ3v) is 6.30. The summed E-state index contributed by atoms with van der Waals surface area (Å²) in [5.74, 6) is 1.58. The zero-order chi connectivity index (χ0) is 17.6. The Morgan fingerprint density at radius 1 is 1.40 bits per heavy atom. The molecule has 4 fully saturated rings. The van der Waals surface area contributed by atoms with Crippen LogP contribution in [-0.2, 0) is 4.79 Å². The number of hydrogen-bond donors (Lipinski definition) is 0. The quantitative estimate of drug-likeness (QED) is 0.800. The standard InChI is InChI=1S/C20H25N3O2/c1-3-25-16-8-6-15(7-9-16)23-13-14-11-20(12-17(20)23)19(14)22(2)18(24)5-4-10-21/h6-9,14,17,19H,3-5,11-13H2,1-2H3/t14?,17?,19?,20-/m1/s1. The van der Waals surface area contributed by atoms with E-state index in [2.05, 4.69) is 23.1 Å². The smallest absolute Gasteiger partial charge is 0.223 e. The average molecular weight is 339 g/mol. The first-order chi connectivity index (χ1) is 12.1. The van der Waals surface area contributed by atoms with Gasteiger partial charge in [-0.05, 0) is 49.9 Å². The summed E-state index contributed by atoms with van der Waals surface area (Å²) >= 11 is 0. The summed E-state index contributed by atoms with van der Waals surface area (Å²) in [6.45, 7) is 3.69. The SMILES string of the molecule is CCOc1ccc(N2CC3C[C@]4(CC24)C3N(C)C(=O)CCC#N)cc1. The lowest BCUT2D eigenvalue weighted by Gasteiger charge is -2.57. The number of ether oxygens (including phenoxy) is 1. The lowest BCUT2D eigenvalue weighted by molar-refractivity contribution is -0.140. The highest BCUT2D eigenvalue weighted by Crippen LogP contribution is 2.70. The minimum Gasteiger partial charge on any atom is -0.494 e. The van der Waals surface area contributed by atoms with E-state index in [4.69, 9.17) is 10.00 Å². The Balaban J connectivity index is 1.44. The van der Waals surface area contributed by atoms with Gasteiger partial charge in [0.05, 0.1) is 12.7 Å². The van der Waals surface area contributed by atoms with Gasteiger partial charge in [0, 0.05) is 49.6 Å². The molecule has 1 spiro atoms. The van der Waals surface area contributed by atoms with Gasteiger partial charge < -0.3 is 14.5 Å². The molecular weight excluding hydrogens is 314 g/mol. The molecular formula is C20H25N3O2. The van der Waals surface area contributed by atoms with E-state index >= 15 is 0 Å². The van der Waals surface area contributed by atoms with Crippen LogP contribution >= 0.6 is 0 Å². The molecule has 0 radical (unpaired) electrons. The van der Waals surface area contributed by atoms with E-state index in [9.17, 15) is 4.79 Å². The van der Waals surface area contributed by atoms with Crippen LogP contribution < -0.4 is 9.64 Å². The molecule has 5 heteroatoms. The summed E-state index contributed by atoms with van der Waals surface area (Å²) in [6, 6.07) is 11.4. The maximum Gasteiger partial charge on any atom is 0.223 e. The van der Waals surface area contributed by atoms with Crippen molar-refractivity contribution >= 4 is 11.6 Å². The summed E-state index contributed by atoms with van der Waals surface area (Å²) < 4.78 is 5.54. The fraction of sp³-hybridized carbons (Fsp3) is 0.600. The van der Waals surface area contributed by atoms with Gasteiger partial charge in [0.15, 0.2) is 0 Å². The third-order valence-electron chi connectivity index (χ3n) is 6.30. The van der Waals surface area contributed by atoms with Crippen LogP contribution in [0.4, 0.5) is 5.69 Å². The predicted octanol–water partition coefficient (Wildman–Crippen LogP) is 2.81. The molecule has 1 aromatic carbocycles. The van der Waals surface area contributed by atoms with Crippen LogP contribution in [0.1, 0.15) is 32.6 Å². The first kappa shape index (κ1) is 16.3. The monoisotopic (exact) mass is 339 g/mol. The van der Waals surface area contributed by atoms with Gasteiger partial charge in [0.2, 0.25) is 5.91 Å².